The van der Waals surface area contributed by atoms with Gasteiger partial charge < -0.3 is 9.84 Å². The molecule has 0 unspecified atom stereocenters. The van der Waals surface area contributed by atoms with Crippen LogP contribution in [0.2, 0.25) is 0 Å². The number of hydrogen-bond acceptors (Lipinski definition) is 4. The van der Waals surface area contributed by atoms with Crippen molar-refractivity contribution in [3.63, 3.8) is 0 Å². The molecule has 1 aliphatic heterocycles. The molecular formula is C20H24O4. The second-order valence-corrected chi connectivity index (χ2v) is 9.03. The van der Waals surface area contributed by atoms with Crippen molar-refractivity contribution in [3.8, 4) is 0 Å². The summed E-state index contributed by atoms with van der Waals surface area (Å²) in [7, 11) is 0. The number of aliphatic hydroxyl groups is 1. The van der Waals surface area contributed by atoms with E-state index >= 15 is 0 Å². The molecule has 5 rings (SSSR count). The fraction of sp³-hybridized carbons (Fsp3) is 0.700. The average Bonchev–Trinajstić information content (AvgIpc) is 3.12. The minimum atomic E-state index is -0.696. The predicted octanol–water partition coefficient (Wildman–Crippen LogP) is 2.70. The van der Waals surface area contributed by atoms with E-state index in [-0.39, 0.29) is 17.2 Å². The third-order valence-electron chi connectivity index (χ3n) is 8.00. The van der Waals surface area contributed by atoms with Crippen LogP contribution in [0.5, 0.6) is 0 Å². The van der Waals surface area contributed by atoms with Gasteiger partial charge in [-0.1, -0.05) is 19.4 Å². The Morgan fingerprint density at radius 1 is 1.21 bits per heavy atom. The van der Waals surface area contributed by atoms with Crippen molar-refractivity contribution in [2.45, 2.75) is 65.1 Å². The summed E-state index contributed by atoms with van der Waals surface area (Å²) in [4.78, 5) is 25.0. The van der Waals surface area contributed by atoms with Gasteiger partial charge in [-0.3, -0.25) is 4.79 Å². The number of ether oxygens (including phenoxy) is 1. The molecule has 4 nitrogen and oxygen atoms in total. The van der Waals surface area contributed by atoms with Gasteiger partial charge in [-0.25, -0.2) is 4.79 Å². The summed E-state index contributed by atoms with van der Waals surface area (Å²) in [6.45, 7) is 6.30. The lowest BCUT2D eigenvalue weighted by atomic mass is 9.51. The monoisotopic (exact) mass is 328 g/mol. The number of ketones is 1. The fourth-order valence-corrected chi connectivity index (χ4v) is 6.50. The van der Waals surface area contributed by atoms with Crippen LogP contribution in [-0.2, 0) is 14.3 Å². The molecular weight excluding hydrogens is 304 g/mol. The van der Waals surface area contributed by atoms with E-state index in [0.29, 0.717) is 40.9 Å². The van der Waals surface area contributed by atoms with Crippen molar-refractivity contribution in [2.24, 2.45) is 22.7 Å². The molecule has 0 saturated heterocycles. The normalized spacial score (nSPS) is 49.3. The minimum absolute atomic E-state index is 0.0413. The summed E-state index contributed by atoms with van der Waals surface area (Å²) >= 11 is 0. The Morgan fingerprint density at radius 2 is 1.96 bits per heavy atom. The maximum absolute atomic E-state index is 13.1. The van der Waals surface area contributed by atoms with Gasteiger partial charge in [-0.15, -0.1) is 0 Å². The van der Waals surface area contributed by atoms with E-state index in [1.165, 1.54) is 12.8 Å². The average molecular weight is 328 g/mol. The number of carbonyl (C=O) groups is 2. The molecule has 0 aromatic rings. The number of fused-ring (bicyclic) bond motifs is 5. The summed E-state index contributed by atoms with van der Waals surface area (Å²) in [5.41, 5.74) is 2.86. The van der Waals surface area contributed by atoms with E-state index in [9.17, 15) is 14.7 Å². The highest BCUT2D eigenvalue weighted by Gasteiger charge is 2.66. The zero-order valence-corrected chi connectivity index (χ0v) is 14.5. The van der Waals surface area contributed by atoms with Crippen LogP contribution in [0.3, 0.4) is 0 Å². The second kappa shape index (κ2) is 4.21. The van der Waals surface area contributed by atoms with Crippen LogP contribution in [0.1, 0.15) is 52.9 Å². The zero-order valence-electron chi connectivity index (χ0n) is 14.5. The first-order valence-corrected chi connectivity index (χ1v) is 9.15. The molecule has 0 bridgehead atoms. The SMILES string of the molecule is CC1=C2C(=O)C3=C(C[C@@H]2OC1=O)[C@@]1(C)CC[C@H]2C[C@@]2(C)[C@@H]1C[C@H]3O. The second-order valence-electron chi connectivity index (χ2n) is 9.03. The first kappa shape index (κ1) is 14.9. The lowest BCUT2D eigenvalue weighted by molar-refractivity contribution is -0.140. The van der Waals surface area contributed by atoms with Gasteiger partial charge in [-0.2, -0.15) is 0 Å². The molecule has 24 heavy (non-hydrogen) atoms. The summed E-state index contributed by atoms with van der Waals surface area (Å²) < 4.78 is 5.47. The molecule has 1 heterocycles. The maximum Gasteiger partial charge on any atom is 0.334 e. The smallest absolute Gasteiger partial charge is 0.334 e. The van der Waals surface area contributed by atoms with Crippen molar-refractivity contribution in [1.82, 2.24) is 0 Å². The quantitative estimate of drug-likeness (QED) is 0.695. The van der Waals surface area contributed by atoms with Crippen molar-refractivity contribution >= 4 is 11.8 Å². The van der Waals surface area contributed by atoms with Crippen LogP contribution in [0, 0.1) is 22.7 Å². The fourth-order valence-electron chi connectivity index (χ4n) is 6.50. The Balaban J connectivity index is 1.66. The van der Waals surface area contributed by atoms with Gasteiger partial charge >= 0.3 is 5.97 Å². The Hall–Kier alpha value is -1.42. The van der Waals surface area contributed by atoms with E-state index in [2.05, 4.69) is 13.8 Å². The molecule has 6 atom stereocenters. The standard InChI is InChI=1S/C20H24O4/c1-9-15-13(24-18(9)23)6-11-16(17(15)22)12(21)7-14-19(11,2)5-4-10-8-20(10,14)3/h10,12-14,21H,4-8H2,1-3H3/t10-,12+,13-,14+,19+,20+/m0/s1. The first-order chi connectivity index (χ1) is 11.3. The van der Waals surface area contributed by atoms with Crippen LogP contribution >= 0.6 is 0 Å². The highest BCUT2D eigenvalue weighted by atomic mass is 16.5. The minimum Gasteiger partial charge on any atom is -0.454 e. The largest absolute Gasteiger partial charge is 0.454 e. The van der Waals surface area contributed by atoms with Crippen molar-refractivity contribution in [3.05, 3.63) is 22.3 Å². The van der Waals surface area contributed by atoms with Gasteiger partial charge in [0, 0.05) is 17.6 Å². The molecule has 4 aliphatic carbocycles. The van der Waals surface area contributed by atoms with Crippen molar-refractivity contribution in [1.29, 1.82) is 0 Å². The molecule has 5 aliphatic rings. The van der Waals surface area contributed by atoms with Gasteiger partial charge in [0.1, 0.15) is 6.10 Å². The zero-order chi connectivity index (χ0) is 17.0. The highest BCUT2D eigenvalue weighted by Crippen LogP contribution is 2.73. The Kier molecular flexibility index (Phi) is 2.61. The third-order valence-corrected chi connectivity index (χ3v) is 8.00. The van der Waals surface area contributed by atoms with E-state index in [4.69, 9.17) is 4.74 Å². The summed E-state index contributed by atoms with van der Waals surface area (Å²) in [6, 6.07) is 0. The molecule has 128 valence electrons. The van der Waals surface area contributed by atoms with E-state index in [1.807, 2.05) is 0 Å². The summed E-state index contributed by atoms with van der Waals surface area (Å²) in [6.07, 6.45) is 3.67. The number of aliphatic hydroxyl groups excluding tert-OH is 1. The number of esters is 1. The molecule has 0 radical (unpaired) electrons. The van der Waals surface area contributed by atoms with Crippen LogP contribution < -0.4 is 0 Å². The number of carbonyl (C=O) groups excluding carboxylic acids is 2. The van der Waals surface area contributed by atoms with Crippen molar-refractivity contribution in [2.75, 3.05) is 0 Å². The number of Topliss-reactive ketones (excluding diaryl/α,β-unsaturated/α-hetero) is 1. The van der Waals surface area contributed by atoms with Crippen LogP contribution in [-0.4, -0.2) is 29.1 Å². The molecule has 2 fully saturated rings. The van der Waals surface area contributed by atoms with Gasteiger partial charge in [0.15, 0.2) is 5.78 Å². The molecule has 4 heteroatoms. The number of rotatable bonds is 0. The molecule has 2 saturated carbocycles. The molecule has 0 aromatic heterocycles. The molecule has 0 aromatic carbocycles. The Bertz CT molecular complexity index is 760. The maximum atomic E-state index is 13.1. The first-order valence-electron chi connectivity index (χ1n) is 9.15. The third kappa shape index (κ3) is 1.54. The van der Waals surface area contributed by atoms with Crippen LogP contribution in [0.4, 0.5) is 0 Å². The molecule has 0 amide bonds. The van der Waals surface area contributed by atoms with Gasteiger partial charge in [0.25, 0.3) is 0 Å². The lowest BCUT2D eigenvalue weighted by Crippen LogP contribution is -2.49. The van der Waals surface area contributed by atoms with E-state index in [1.54, 1.807) is 6.92 Å². The molecule has 1 N–H and O–H groups in total. The van der Waals surface area contributed by atoms with Crippen LogP contribution in [0.25, 0.3) is 0 Å². The van der Waals surface area contributed by atoms with E-state index in [0.717, 1.165) is 17.9 Å². The molecule has 0 spiro atoms. The summed E-state index contributed by atoms with van der Waals surface area (Å²) in [5.74, 6) is 0.692. The van der Waals surface area contributed by atoms with Crippen molar-refractivity contribution < 1.29 is 19.4 Å². The predicted molar refractivity (Wildman–Crippen MR) is 86.9 cm³/mol. The lowest BCUT2D eigenvalue weighted by Gasteiger charge is -2.53. The Labute approximate surface area is 141 Å². The highest BCUT2D eigenvalue weighted by molar-refractivity contribution is 6.16. The Morgan fingerprint density at radius 3 is 2.71 bits per heavy atom. The summed E-state index contributed by atoms with van der Waals surface area (Å²) in [5, 5.41) is 10.8. The van der Waals surface area contributed by atoms with Gasteiger partial charge in [-0.05, 0) is 55.3 Å². The van der Waals surface area contributed by atoms with Gasteiger partial charge in [0.05, 0.1) is 11.7 Å². The van der Waals surface area contributed by atoms with E-state index < -0.39 is 12.2 Å². The van der Waals surface area contributed by atoms with Gasteiger partial charge in [0.2, 0.25) is 0 Å². The number of hydrogen-bond donors (Lipinski definition) is 1. The van der Waals surface area contributed by atoms with Crippen LogP contribution in [0.15, 0.2) is 22.3 Å². The topological polar surface area (TPSA) is 63.6 Å².